The molecule has 1 rings (SSSR count). The summed E-state index contributed by atoms with van der Waals surface area (Å²) in [5.41, 5.74) is 6.36. The first-order chi connectivity index (χ1) is 8.63. The maximum absolute atomic E-state index is 5.97. The number of halogens is 1. The van der Waals surface area contributed by atoms with Gasteiger partial charge < -0.3 is 16.4 Å². The summed E-state index contributed by atoms with van der Waals surface area (Å²) in [5, 5.41) is 6.74. The second kappa shape index (κ2) is 7.84. The van der Waals surface area contributed by atoms with E-state index in [1.807, 2.05) is 6.92 Å². The van der Waals surface area contributed by atoms with Gasteiger partial charge in [0, 0.05) is 12.7 Å². The Morgan fingerprint density at radius 2 is 2.39 bits per heavy atom. The third-order valence-electron chi connectivity index (χ3n) is 2.00. The van der Waals surface area contributed by atoms with Crippen LogP contribution >= 0.6 is 23.8 Å². The Labute approximate surface area is 117 Å². The lowest BCUT2D eigenvalue weighted by Crippen LogP contribution is -2.43. The van der Waals surface area contributed by atoms with Crippen LogP contribution in [0.5, 0.6) is 0 Å². The highest BCUT2D eigenvalue weighted by Gasteiger charge is 2.02. The summed E-state index contributed by atoms with van der Waals surface area (Å²) in [4.78, 5) is 8.20. The molecule has 0 saturated heterocycles. The Bertz CT molecular complexity index is 435. The first-order valence-electron chi connectivity index (χ1n) is 5.57. The molecule has 18 heavy (non-hydrogen) atoms. The molecule has 0 aliphatic carbocycles. The van der Waals surface area contributed by atoms with Crippen LogP contribution in [0.15, 0.2) is 23.3 Å². The van der Waals surface area contributed by atoms with Crippen LogP contribution in [-0.2, 0) is 6.54 Å². The Morgan fingerprint density at radius 3 is 3.06 bits per heavy atom. The molecule has 0 amide bonds. The van der Waals surface area contributed by atoms with E-state index in [-0.39, 0.29) is 0 Å². The molecule has 4 N–H and O–H groups in total. The summed E-state index contributed by atoms with van der Waals surface area (Å²) in [5.74, 6) is 0.307. The number of hydrogen-bond acceptors (Lipinski definition) is 3. The predicted molar refractivity (Wildman–Crippen MR) is 78.6 cm³/mol. The van der Waals surface area contributed by atoms with Crippen molar-refractivity contribution in [2.24, 2.45) is 10.7 Å². The SMILES string of the molecule is CCCN=C(N)NC(=S)NCc1ncccc1Cl. The fraction of sp³-hybridized carbons (Fsp3) is 0.364. The zero-order valence-electron chi connectivity index (χ0n) is 10.1. The van der Waals surface area contributed by atoms with Crippen LogP contribution in [0, 0.1) is 0 Å². The largest absolute Gasteiger partial charge is 0.370 e. The lowest BCUT2D eigenvalue weighted by atomic mass is 10.3. The molecule has 0 bridgehead atoms. The minimum Gasteiger partial charge on any atom is -0.370 e. The van der Waals surface area contributed by atoms with Crippen LogP contribution in [0.25, 0.3) is 0 Å². The number of nitrogens with two attached hydrogens (primary N) is 1. The van der Waals surface area contributed by atoms with Gasteiger partial charge in [-0.15, -0.1) is 0 Å². The monoisotopic (exact) mass is 285 g/mol. The molecule has 0 atom stereocenters. The summed E-state index contributed by atoms with van der Waals surface area (Å²) in [6.45, 7) is 3.14. The number of rotatable bonds is 4. The van der Waals surface area contributed by atoms with Gasteiger partial charge in [0.05, 0.1) is 17.3 Å². The van der Waals surface area contributed by atoms with Gasteiger partial charge in [-0.25, -0.2) is 0 Å². The molecule has 0 aliphatic heterocycles. The molecule has 1 aromatic heterocycles. The summed E-state index contributed by atoms with van der Waals surface area (Å²) in [7, 11) is 0. The van der Waals surface area contributed by atoms with E-state index in [0.717, 1.165) is 12.1 Å². The number of aliphatic imine (C=N–C) groups is 1. The van der Waals surface area contributed by atoms with E-state index in [0.29, 0.717) is 29.2 Å². The highest BCUT2D eigenvalue weighted by Crippen LogP contribution is 2.11. The maximum atomic E-state index is 5.97. The van der Waals surface area contributed by atoms with Crippen molar-refractivity contribution in [3.8, 4) is 0 Å². The van der Waals surface area contributed by atoms with Gasteiger partial charge in [0.25, 0.3) is 0 Å². The van der Waals surface area contributed by atoms with Crippen molar-refractivity contribution in [1.82, 2.24) is 15.6 Å². The van der Waals surface area contributed by atoms with Gasteiger partial charge in [-0.1, -0.05) is 18.5 Å². The van der Waals surface area contributed by atoms with Gasteiger partial charge in [-0.05, 0) is 30.8 Å². The standard InChI is InChI=1S/C11H16ClN5S/c1-2-5-15-10(13)17-11(18)16-7-9-8(12)4-3-6-14-9/h3-4,6H,2,5,7H2,1H3,(H4,13,15,16,17,18). The van der Waals surface area contributed by atoms with E-state index in [9.17, 15) is 0 Å². The zero-order chi connectivity index (χ0) is 13.4. The van der Waals surface area contributed by atoms with Gasteiger partial charge >= 0.3 is 0 Å². The van der Waals surface area contributed by atoms with Crippen molar-refractivity contribution in [2.45, 2.75) is 19.9 Å². The van der Waals surface area contributed by atoms with Gasteiger partial charge in [0.1, 0.15) is 0 Å². The van der Waals surface area contributed by atoms with E-state index in [1.54, 1.807) is 18.3 Å². The zero-order valence-corrected chi connectivity index (χ0v) is 11.7. The molecule has 0 aliphatic rings. The molecule has 98 valence electrons. The topological polar surface area (TPSA) is 75.3 Å². The smallest absolute Gasteiger partial charge is 0.194 e. The fourth-order valence-corrected chi connectivity index (χ4v) is 1.51. The molecule has 0 aromatic carbocycles. The third kappa shape index (κ3) is 5.29. The molecule has 0 unspecified atom stereocenters. The highest BCUT2D eigenvalue weighted by molar-refractivity contribution is 7.80. The molecule has 0 saturated carbocycles. The maximum Gasteiger partial charge on any atom is 0.194 e. The van der Waals surface area contributed by atoms with Gasteiger partial charge in [0.2, 0.25) is 0 Å². The molecule has 0 radical (unpaired) electrons. The number of thiocarbonyl (C=S) groups is 1. The molecule has 1 heterocycles. The Balaban J connectivity index is 2.40. The Morgan fingerprint density at radius 1 is 1.61 bits per heavy atom. The van der Waals surface area contributed by atoms with Crippen molar-refractivity contribution >= 4 is 34.9 Å². The quantitative estimate of drug-likeness (QED) is 0.443. The molecule has 0 fully saturated rings. The second-order valence-corrected chi connectivity index (χ2v) is 4.32. The lowest BCUT2D eigenvalue weighted by Gasteiger charge is -2.10. The van der Waals surface area contributed by atoms with Crippen LogP contribution in [0.4, 0.5) is 0 Å². The van der Waals surface area contributed by atoms with Gasteiger partial charge in [0.15, 0.2) is 11.1 Å². The second-order valence-electron chi connectivity index (χ2n) is 3.51. The van der Waals surface area contributed by atoms with Crippen molar-refractivity contribution in [1.29, 1.82) is 0 Å². The third-order valence-corrected chi connectivity index (χ3v) is 2.59. The Hall–Kier alpha value is -1.40. The number of nitrogens with one attached hydrogen (secondary N) is 2. The molecular formula is C11H16ClN5S. The minimum absolute atomic E-state index is 0.307. The highest BCUT2D eigenvalue weighted by atomic mass is 35.5. The van der Waals surface area contributed by atoms with Gasteiger partial charge in [-0.2, -0.15) is 0 Å². The van der Waals surface area contributed by atoms with Crippen molar-refractivity contribution < 1.29 is 0 Å². The van der Waals surface area contributed by atoms with Crippen molar-refractivity contribution in [3.63, 3.8) is 0 Å². The van der Waals surface area contributed by atoms with E-state index in [4.69, 9.17) is 29.6 Å². The summed E-state index contributed by atoms with van der Waals surface area (Å²) in [6.07, 6.45) is 2.61. The van der Waals surface area contributed by atoms with Crippen molar-refractivity contribution in [2.75, 3.05) is 6.54 Å². The summed E-state index contributed by atoms with van der Waals surface area (Å²) < 4.78 is 0. The number of aromatic nitrogens is 1. The number of hydrogen-bond donors (Lipinski definition) is 3. The van der Waals surface area contributed by atoms with Crippen LogP contribution in [0.2, 0.25) is 5.02 Å². The normalized spacial score (nSPS) is 11.1. The average molecular weight is 286 g/mol. The van der Waals surface area contributed by atoms with Crippen LogP contribution in [0.3, 0.4) is 0 Å². The fourth-order valence-electron chi connectivity index (χ4n) is 1.14. The number of guanidine groups is 1. The molecular weight excluding hydrogens is 270 g/mol. The van der Waals surface area contributed by atoms with E-state index >= 15 is 0 Å². The first-order valence-corrected chi connectivity index (χ1v) is 6.36. The number of nitrogens with zero attached hydrogens (tertiary/aromatic N) is 2. The predicted octanol–water partition coefficient (Wildman–Crippen LogP) is 1.42. The molecule has 7 heteroatoms. The average Bonchev–Trinajstić information content (AvgIpc) is 2.35. The Kier molecular flexibility index (Phi) is 6.38. The van der Waals surface area contributed by atoms with Crippen LogP contribution in [0.1, 0.15) is 19.0 Å². The molecule has 1 aromatic rings. The van der Waals surface area contributed by atoms with Crippen LogP contribution < -0.4 is 16.4 Å². The number of pyridine rings is 1. The van der Waals surface area contributed by atoms with E-state index in [2.05, 4.69) is 20.6 Å². The van der Waals surface area contributed by atoms with Crippen molar-refractivity contribution in [3.05, 3.63) is 29.0 Å². The first kappa shape index (κ1) is 14.7. The van der Waals surface area contributed by atoms with E-state index < -0.39 is 0 Å². The summed E-state index contributed by atoms with van der Waals surface area (Å²) in [6, 6.07) is 3.55. The molecule has 5 nitrogen and oxygen atoms in total. The van der Waals surface area contributed by atoms with Crippen LogP contribution in [-0.4, -0.2) is 22.6 Å². The molecule has 0 spiro atoms. The minimum atomic E-state index is 0.307. The van der Waals surface area contributed by atoms with Gasteiger partial charge in [-0.3, -0.25) is 9.98 Å². The lowest BCUT2D eigenvalue weighted by molar-refractivity contribution is 0.863. The summed E-state index contributed by atoms with van der Waals surface area (Å²) >= 11 is 11.0. The van der Waals surface area contributed by atoms with E-state index in [1.165, 1.54) is 0 Å².